The largest absolute Gasteiger partial charge is 0.466 e. The second-order valence-electron chi connectivity index (χ2n) is 4.68. The SMILES string of the molecule is COC(=O)/C=C/C(=O)OCC(C)NS(=O)(=O)CC(C)C. The van der Waals surface area contributed by atoms with Gasteiger partial charge in [0, 0.05) is 12.2 Å². The van der Waals surface area contributed by atoms with Crippen molar-refractivity contribution in [2.45, 2.75) is 26.8 Å². The summed E-state index contributed by atoms with van der Waals surface area (Å²) in [6.45, 7) is 5.04. The number of rotatable bonds is 8. The molecule has 0 fully saturated rings. The molecule has 0 aliphatic rings. The van der Waals surface area contributed by atoms with Crippen LogP contribution >= 0.6 is 0 Å². The van der Waals surface area contributed by atoms with Gasteiger partial charge >= 0.3 is 11.9 Å². The number of nitrogens with one attached hydrogen (secondary N) is 1. The molecule has 0 heterocycles. The van der Waals surface area contributed by atoms with Crippen molar-refractivity contribution in [1.82, 2.24) is 4.72 Å². The molecular weight excluding hydrogens is 286 g/mol. The predicted molar refractivity (Wildman–Crippen MR) is 73.3 cm³/mol. The predicted octanol–water partition coefficient (Wildman–Crippen LogP) is 0.223. The van der Waals surface area contributed by atoms with Gasteiger partial charge in [0.05, 0.1) is 18.9 Å². The molecule has 0 saturated carbocycles. The Morgan fingerprint density at radius 1 is 1.15 bits per heavy atom. The van der Waals surface area contributed by atoms with Crippen LogP contribution in [0.5, 0.6) is 0 Å². The van der Waals surface area contributed by atoms with Crippen molar-refractivity contribution in [1.29, 1.82) is 0 Å². The summed E-state index contributed by atoms with van der Waals surface area (Å²) in [5, 5.41) is 0. The maximum Gasteiger partial charge on any atom is 0.331 e. The molecule has 0 spiro atoms. The topological polar surface area (TPSA) is 98.8 Å². The number of hydrogen-bond acceptors (Lipinski definition) is 6. The van der Waals surface area contributed by atoms with Crippen molar-refractivity contribution in [3.8, 4) is 0 Å². The maximum atomic E-state index is 11.6. The second-order valence-corrected chi connectivity index (χ2v) is 6.48. The van der Waals surface area contributed by atoms with Crippen molar-refractivity contribution in [3.05, 3.63) is 12.2 Å². The zero-order valence-corrected chi connectivity index (χ0v) is 12.9. The van der Waals surface area contributed by atoms with Gasteiger partial charge in [0.2, 0.25) is 10.0 Å². The summed E-state index contributed by atoms with van der Waals surface area (Å²) in [6, 6.07) is -0.547. The molecule has 0 amide bonds. The number of esters is 2. The van der Waals surface area contributed by atoms with Gasteiger partial charge in [0.15, 0.2) is 0 Å². The van der Waals surface area contributed by atoms with Crippen LogP contribution in [0.15, 0.2) is 12.2 Å². The van der Waals surface area contributed by atoms with Gasteiger partial charge in [-0.15, -0.1) is 0 Å². The van der Waals surface area contributed by atoms with Gasteiger partial charge < -0.3 is 9.47 Å². The molecule has 20 heavy (non-hydrogen) atoms. The van der Waals surface area contributed by atoms with Crippen LogP contribution in [0.3, 0.4) is 0 Å². The van der Waals surface area contributed by atoms with Crippen molar-refractivity contribution in [3.63, 3.8) is 0 Å². The van der Waals surface area contributed by atoms with Gasteiger partial charge in [0.1, 0.15) is 6.61 Å². The van der Waals surface area contributed by atoms with Crippen molar-refractivity contribution < 1.29 is 27.5 Å². The van der Waals surface area contributed by atoms with E-state index in [2.05, 4.69) is 9.46 Å². The molecule has 1 unspecified atom stereocenters. The number of carbonyl (C=O) groups is 2. The Morgan fingerprint density at radius 2 is 1.70 bits per heavy atom. The normalized spacial score (nSPS) is 13.4. The van der Waals surface area contributed by atoms with Gasteiger partial charge in [-0.2, -0.15) is 0 Å². The molecule has 116 valence electrons. The van der Waals surface area contributed by atoms with Crippen molar-refractivity contribution >= 4 is 22.0 Å². The van der Waals surface area contributed by atoms with Crippen LogP contribution in [-0.4, -0.2) is 45.9 Å². The van der Waals surface area contributed by atoms with Gasteiger partial charge in [0.25, 0.3) is 0 Å². The second kappa shape index (κ2) is 8.70. The van der Waals surface area contributed by atoms with Gasteiger partial charge in [-0.3, -0.25) is 0 Å². The molecule has 0 aliphatic carbocycles. The summed E-state index contributed by atoms with van der Waals surface area (Å²) in [5.41, 5.74) is 0. The molecule has 0 bridgehead atoms. The minimum atomic E-state index is -3.39. The van der Waals surface area contributed by atoms with E-state index in [1.54, 1.807) is 20.8 Å². The first kappa shape index (κ1) is 18.6. The third-order valence-corrected chi connectivity index (χ3v) is 3.83. The van der Waals surface area contributed by atoms with Crippen LogP contribution in [0.2, 0.25) is 0 Å². The van der Waals surface area contributed by atoms with E-state index >= 15 is 0 Å². The third-order valence-electron chi connectivity index (χ3n) is 1.97. The zero-order valence-electron chi connectivity index (χ0n) is 12.1. The van der Waals surface area contributed by atoms with E-state index in [0.29, 0.717) is 0 Å². The first-order chi connectivity index (χ1) is 9.16. The molecular formula is C12H21NO6S. The fraction of sp³-hybridized carbons (Fsp3) is 0.667. The zero-order chi connectivity index (χ0) is 15.8. The Labute approximate surface area is 119 Å². The van der Waals surface area contributed by atoms with E-state index in [0.717, 1.165) is 12.2 Å². The molecule has 0 aromatic rings. The monoisotopic (exact) mass is 307 g/mol. The van der Waals surface area contributed by atoms with Crippen LogP contribution in [0, 0.1) is 5.92 Å². The summed E-state index contributed by atoms with van der Waals surface area (Å²) < 4.78 is 34.7. The first-order valence-electron chi connectivity index (χ1n) is 6.09. The number of carbonyl (C=O) groups excluding carboxylic acids is 2. The number of hydrogen-bond donors (Lipinski definition) is 1. The minimum absolute atomic E-state index is 0.00485. The highest BCUT2D eigenvalue weighted by Gasteiger charge is 2.16. The highest BCUT2D eigenvalue weighted by molar-refractivity contribution is 7.89. The Balaban J connectivity index is 4.17. The van der Waals surface area contributed by atoms with Crippen molar-refractivity contribution in [2.24, 2.45) is 5.92 Å². The fourth-order valence-corrected chi connectivity index (χ4v) is 2.94. The Bertz CT molecular complexity index is 455. The molecule has 0 saturated heterocycles. The van der Waals surface area contributed by atoms with E-state index in [4.69, 9.17) is 4.74 Å². The Kier molecular flexibility index (Phi) is 8.09. The smallest absolute Gasteiger partial charge is 0.331 e. The van der Waals surface area contributed by atoms with Crippen LogP contribution in [0.25, 0.3) is 0 Å². The van der Waals surface area contributed by atoms with Crippen LogP contribution in [0.1, 0.15) is 20.8 Å². The lowest BCUT2D eigenvalue weighted by molar-refractivity contribution is -0.139. The van der Waals surface area contributed by atoms with Gasteiger partial charge in [-0.1, -0.05) is 13.8 Å². The first-order valence-corrected chi connectivity index (χ1v) is 7.74. The summed E-state index contributed by atoms with van der Waals surface area (Å²) in [5.74, 6) is -1.41. The quantitative estimate of drug-likeness (QED) is 0.509. The molecule has 0 radical (unpaired) electrons. The molecule has 1 N–H and O–H groups in total. The van der Waals surface area contributed by atoms with E-state index in [-0.39, 0.29) is 18.3 Å². The van der Waals surface area contributed by atoms with E-state index in [1.165, 1.54) is 7.11 Å². The van der Waals surface area contributed by atoms with Crippen LogP contribution < -0.4 is 4.72 Å². The van der Waals surface area contributed by atoms with E-state index < -0.39 is 28.0 Å². The molecule has 7 nitrogen and oxygen atoms in total. The minimum Gasteiger partial charge on any atom is -0.466 e. The number of methoxy groups -OCH3 is 1. The van der Waals surface area contributed by atoms with Crippen molar-refractivity contribution in [2.75, 3.05) is 19.5 Å². The fourth-order valence-electron chi connectivity index (χ4n) is 1.29. The lowest BCUT2D eigenvalue weighted by Gasteiger charge is -2.14. The lowest BCUT2D eigenvalue weighted by Crippen LogP contribution is -2.38. The Hall–Kier alpha value is -1.41. The van der Waals surface area contributed by atoms with Gasteiger partial charge in [-0.25, -0.2) is 22.7 Å². The summed E-state index contributed by atoms with van der Waals surface area (Å²) in [6.07, 6.45) is 1.84. The summed E-state index contributed by atoms with van der Waals surface area (Å²) in [7, 11) is -2.21. The third kappa shape index (κ3) is 9.51. The summed E-state index contributed by atoms with van der Waals surface area (Å²) >= 11 is 0. The molecule has 0 aromatic carbocycles. The highest BCUT2D eigenvalue weighted by atomic mass is 32.2. The maximum absolute atomic E-state index is 11.6. The van der Waals surface area contributed by atoms with Crippen LogP contribution in [0.4, 0.5) is 0 Å². The lowest BCUT2D eigenvalue weighted by atomic mass is 10.3. The molecule has 0 rings (SSSR count). The summed E-state index contributed by atoms with van der Waals surface area (Å²) in [4.78, 5) is 22.0. The molecule has 0 aromatic heterocycles. The molecule has 1 atom stereocenters. The van der Waals surface area contributed by atoms with E-state index in [9.17, 15) is 18.0 Å². The average Bonchev–Trinajstić information content (AvgIpc) is 2.30. The van der Waals surface area contributed by atoms with E-state index in [1.807, 2.05) is 0 Å². The average molecular weight is 307 g/mol. The van der Waals surface area contributed by atoms with Gasteiger partial charge in [-0.05, 0) is 12.8 Å². The Morgan fingerprint density at radius 3 is 2.20 bits per heavy atom. The van der Waals surface area contributed by atoms with Crippen LogP contribution in [-0.2, 0) is 29.1 Å². The standard InChI is InChI=1S/C12H21NO6S/c1-9(2)8-20(16,17)13-10(3)7-19-12(15)6-5-11(14)18-4/h5-6,9-10,13H,7-8H2,1-4H3/b6-5+. The molecule has 8 heteroatoms. The number of sulfonamides is 1. The number of ether oxygens (including phenoxy) is 2. The molecule has 0 aliphatic heterocycles. The highest BCUT2D eigenvalue weighted by Crippen LogP contribution is 1.99.